The molecule has 1 aliphatic heterocycles. The quantitative estimate of drug-likeness (QED) is 0.0622. The lowest BCUT2D eigenvalue weighted by Crippen LogP contribution is -2.44. The highest BCUT2D eigenvalue weighted by Crippen LogP contribution is 2.29. The Bertz CT molecular complexity index is 1640. The number of anilines is 3. The van der Waals surface area contributed by atoms with E-state index in [9.17, 15) is 23.6 Å². The summed E-state index contributed by atoms with van der Waals surface area (Å²) in [5, 5.41) is 25.5. The number of amides is 3. The third-order valence-corrected chi connectivity index (χ3v) is 7.05. The van der Waals surface area contributed by atoms with Gasteiger partial charge in [-0.25, -0.2) is 14.2 Å². The van der Waals surface area contributed by atoms with Crippen LogP contribution < -0.4 is 20.5 Å². The highest BCUT2D eigenvalue weighted by molar-refractivity contribution is 6.31. The second kappa shape index (κ2) is 14.2. The van der Waals surface area contributed by atoms with Crippen LogP contribution in [-0.4, -0.2) is 47.7 Å². The number of nitrogens with one attached hydrogen (secondary N) is 4. The number of rotatable bonds is 12. The summed E-state index contributed by atoms with van der Waals surface area (Å²) < 4.78 is 14.9. The molecular formula is C30H27ClFN7O5. The molecule has 12 nitrogen and oxygen atoms in total. The van der Waals surface area contributed by atoms with Gasteiger partial charge in [0.2, 0.25) is 17.7 Å². The Balaban J connectivity index is 1.60. The molecule has 1 heterocycles. The van der Waals surface area contributed by atoms with Gasteiger partial charge in [0.1, 0.15) is 12.4 Å². The number of carbonyl (C=O) groups excluding carboxylic acids is 3. The summed E-state index contributed by atoms with van der Waals surface area (Å²) in [6.45, 7) is 0.574. The lowest BCUT2D eigenvalue weighted by atomic mass is 10.0. The third kappa shape index (κ3) is 7.50. The van der Waals surface area contributed by atoms with E-state index in [-0.39, 0.29) is 34.2 Å². The first-order valence-electron chi connectivity index (χ1n) is 13.3. The molecule has 3 amide bonds. The fourth-order valence-corrected chi connectivity index (χ4v) is 4.75. The minimum absolute atomic E-state index is 0.00731. The van der Waals surface area contributed by atoms with Gasteiger partial charge in [-0.05, 0) is 66.6 Å². The van der Waals surface area contributed by atoms with E-state index in [0.29, 0.717) is 36.2 Å². The first-order chi connectivity index (χ1) is 21.1. The summed E-state index contributed by atoms with van der Waals surface area (Å²) in [4.78, 5) is 51.5. The smallest absolute Gasteiger partial charge is 0.335 e. The molecule has 14 heteroatoms. The van der Waals surface area contributed by atoms with E-state index in [1.807, 2.05) is 0 Å². The summed E-state index contributed by atoms with van der Waals surface area (Å²) >= 11 is 5.91. The van der Waals surface area contributed by atoms with Crippen molar-refractivity contribution in [1.82, 2.24) is 5.32 Å². The van der Waals surface area contributed by atoms with Crippen LogP contribution in [0.15, 0.2) is 72.0 Å². The Morgan fingerprint density at radius 3 is 2.55 bits per heavy atom. The Labute approximate surface area is 256 Å². The molecule has 1 saturated heterocycles. The van der Waals surface area contributed by atoms with Crippen molar-refractivity contribution in [3.63, 3.8) is 0 Å². The first kappa shape index (κ1) is 31.5. The molecule has 44 heavy (non-hydrogen) atoms. The number of carboxylic acid groups (broad SMARTS) is 1. The minimum atomic E-state index is -1.15. The Kier molecular flexibility index (Phi) is 10.1. The maximum absolute atomic E-state index is 14.9. The number of carboxylic acids is 1. The number of nitrogens with zero attached hydrogens (tertiary/aromatic N) is 3. The molecule has 0 aromatic heterocycles. The molecule has 1 fully saturated rings. The van der Waals surface area contributed by atoms with Crippen molar-refractivity contribution in [2.75, 3.05) is 21.8 Å². The van der Waals surface area contributed by atoms with Crippen molar-refractivity contribution >= 4 is 64.8 Å². The fraction of sp³-hybridized carbons (Fsp3) is 0.167. The predicted molar refractivity (Wildman–Crippen MR) is 163 cm³/mol. The van der Waals surface area contributed by atoms with Crippen LogP contribution in [0.5, 0.6) is 0 Å². The van der Waals surface area contributed by atoms with E-state index in [0.717, 1.165) is 23.6 Å². The summed E-state index contributed by atoms with van der Waals surface area (Å²) in [6.07, 6.45) is 3.95. The van der Waals surface area contributed by atoms with Crippen molar-refractivity contribution < 1.29 is 28.7 Å². The van der Waals surface area contributed by atoms with Crippen LogP contribution in [-0.2, 0) is 20.8 Å². The fourth-order valence-electron chi connectivity index (χ4n) is 4.59. The zero-order chi connectivity index (χ0) is 31.8. The summed E-state index contributed by atoms with van der Waals surface area (Å²) in [5.74, 6) is -3.43. The highest BCUT2D eigenvalue weighted by Gasteiger charge is 2.24. The first-order valence-corrected chi connectivity index (χ1v) is 13.7. The molecule has 0 spiro atoms. The average molecular weight is 620 g/mol. The van der Waals surface area contributed by atoms with Gasteiger partial charge in [0.25, 0.3) is 0 Å². The normalized spacial score (nSPS) is 13.4. The van der Waals surface area contributed by atoms with Crippen molar-refractivity contribution in [2.45, 2.75) is 25.3 Å². The molecule has 226 valence electrons. The van der Waals surface area contributed by atoms with Crippen molar-refractivity contribution in [3.05, 3.63) is 94.3 Å². The second-order valence-electron chi connectivity index (χ2n) is 9.66. The van der Waals surface area contributed by atoms with Gasteiger partial charge in [0.15, 0.2) is 5.82 Å². The monoisotopic (exact) mass is 619 g/mol. The SMILES string of the molecule is N=CN(N=N)c1ccc(Cl)c(F)c1/C=C/C(=O)NC(Cc1cccc(N2CCCC2=O)c1)C(=O)Nc1ccc(C(=O)O)cc1. The lowest BCUT2D eigenvalue weighted by Gasteiger charge is -2.20. The van der Waals surface area contributed by atoms with Crippen LogP contribution in [0.1, 0.15) is 34.3 Å². The standard InChI is InChI=1S/C30H27ClFN7O5/c31-23-11-12-25(39(17-33)37-34)22(28(23)32)10-13-26(40)36-24(29(42)35-20-8-6-19(7-9-20)30(43)44)16-18-3-1-4-21(15-18)38-14-2-5-27(38)41/h1,3-4,6-13,15,17,24,33-34H,2,5,14,16H2,(H,35,42)(H,36,40)(H,43,44)/b13-10+,33-17?,37-34?. The van der Waals surface area contributed by atoms with E-state index >= 15 is 0 Å². The molecule has 3 aromatic rings. The number of halogens is 2. The summed E-state index contributed by atoms with van der Waals surface area (Å²) in [7, 11) is 0. The molecule has 1 unspecified atom stereocenters. The van der Waals surface area contributed by atoms with Crippen LogP contribution in [0, 0.1) is 16.8 Å². The van der Waals surface area contributed by atoms with Gasteiger partial charge in [0.05, 0.1) is 16.3 Å². The number of benzene rings is 3. The van der Waals surface area contributed by atoms with Crippen LogP contribution in [0.2, 0.25) is 5.02 Å². The van der Waals surface area contributed by atoms with E-state index in [2.05, 4.69) is 15.9 Å². The van der Waals surface area contributed by atoms with Crippen LogP contribution in [0.3, 0.4) is 0 Å². The molecule has 1 atom stereocenters. The van der Waals surface area contributed by atoms with Crippen molar-refractivity contribution in [1.29, 1.82) is 10.9 Å². The number of hydrogen-bond donors (Lipinski definition) is 5. The lowest BCUT2D eigenvalue weighted by molar-refractivity contribution is -0.123. The van der Waals surface area contributed by atoms with Gasteiger partial charge in [-0.1, -0.05) is 29.0 Å². The van der Waals surface area contributed by atoms with Gasteiger partial charge < -0.3 is 20.6 Å². The topological polar surface area (TPSA) is 179 Å². The molecule has 0 radical (unpaired) electrons. The molecule has 0 aliphatic carbocycles. The number of carbonyl (C=O) groups is 4. The van der Waals surface area contributed by atoms with Crippen molar-refractivity contribution in [3.8, 4) is 0 Å². The number of aromatic carboxylic acids is 1. The molecule has 1 aliphatic rings. The maximum Gasteiger partial charge on any atom is 0.335 e. The van der Waals surface area contributed by atoms with Gasteiger partial charge >= 0.3 is 5.97 Å². The van der Waals surface area contributed by atoms with Crippen molar-refractivity contribution in [2.24, 2.45) is 5.22 Å². The summed E-state index contributed by atoms with van der Waals surface area (Å²) in [6, 6.07) is 13.9. The Hall–Kier alpha value is -5.43. The Morgan fingerprint density at radius 1 is 1.16 bits per heavy atom. The maximum atomic E-state index is 14.9. The molecular weight excluding hydrogens is 593 g/mol. The van der Waals surface area contributed by atoms with E-state index in [4.69, 9.17) is 27.6 Å². The average Bonchev–Trinajstić information content (AvgIpc) is 3.45. The van der Waals surface area contributed by atoms with E-state index < -0.39 is 29.6 Å². The molecule has 5 N–H and O–H groups in total. The zero-order valence-corrected chi connectivity index (χ0v) is 23.8. The van der Waals surface area contributed by atoms with Crippen LogP contribution in [0.25, 0.3) is 6.08 Å². The minimum Gasteiger partial charge on any atom is -0.478 e. The van der Waals surface area contributed by atoms with Gasteiger partial charge in [-0.3, -0.25) is 19.8 Å². The molecule has 0 bridgehead atoms. The summed E-state index contributed by atoms with van der Waals surface area (Å²) in [5.41, 5.74) is 8.63. The van der Waals surface area contributed by atoms with E-state index in [1.54, 1.807) is 29.2 Å². The second-order valence-corrected chi connectivity index (χ2v) is 10.1. The molecule has 3 aromatic carbocycles. The molecule has 0 saturated carbocycles. The van der Waals surface area contributed by atoms with Gasteiger partial charge in [-0.15, -0.1) is 0 Å². The van der Waals surface area contributed by atoms with Gasteiger partial charge in [-0.2, -0.15) is 5.53 Å². The largest absolute Gasteiger partial charge is 0.478 e. The Morgan fingerprint density at radius 2 is 1.91 bits per heavy atom. The predicted octanol–water partition coefficient (Wildman–Crippen LogP) is 5.04. The molecule has 4 rings (SSSR count). The zero-order valence-electron chi connectivity index (χ0n) is 23.1. The van der Waals surface area contributed by atoms with Crippen LogP contribution in [0.4, 0.5) is 21.5 Å². The van der Waals surface area contributed by atoms with Gasteiger partial charge in [0, 0.05) is 42.4 Å². The van der Waals surface area contributed by atoms with Crippen LogP contribution >= 0.6 is 11.6 Å². The highest BCUT2D eigenvalue weighted by atomic mass is 35.5. The third-order valence-electron chi connectivity index (χ3n) is 6.76. The number of hydrogen-bond acceptors (Lipinski definition) is 7. The van der Waals surface area contributed by atoms with E-state index in [1.165, 1.54) is 36.4 Å².